The molecule has 1 heterocycles. The number of hydrogen-bond donors (Lipinski definition) is 2. The average molecular weight is 509 g/mol. The van der Waals surface area contributed by atoms with Crippen molar-refractivity contribution in [2.45, 2.75) is 90.8 Å². The van der Waals surface area contributed by atoms with E-state index >= 15 is 0 Å². The summed E-state index contributed by atoms with van der Waals surface area (Å²) >= 11 is 0. The maximum Gasteiger partial charge on any atom is 0.312 e. The highest BCUT2D eigenvalue weighted by atomic mass is 16.6. The lowest BCUT2D eigenvalue weighted by Crippen LogP contribution is -2.64. The molecule has 0 aromatic rings. The molecule has 2 aliphatic carbocycles. The highest BCUT2D eigenvalue weighted by molar-refractivity contribution is 5.77. The molecule has 10 heteroatoms. The van der Waals surface area contributed by atoms with Crippen molar-refractivity contribution in [1.29, 1.82) is 0 Å². The lowest BCUT2D eigenvalue weighted by Gasteiger charge is -2.54. The molecule has 3 rings (SSSR count). The number of aliphatic hydroxyl groups is 2. The zero-order valence-corrected chi connectivity index (χ0v) is 21.6. The Morgan fingerprint density at radius 1 is 1.11 bits per heavy atom. The summed E-state index contributed by atoms with van der Waals surface area (Å²) in [4.78, 5) is 48.4. The summed E-state index contributed by atoms with van der Waals surface area (Å²) in [5.41, 5.74) is -2.01. The standard InChI is InChI=1S/C26H36O10/c1-13-7-9-19(34-16(4)28)25(6)20(35-17(5)29)10-8-18(12-33-15(3)27)11-21-26(32,23(30)22(13)25)14(2)24(31)36-21/h7,11,14,19-23,30,32H,8-10,12H2,1-6H3/b18-11+/t14?,19?,20-,21?,22?,23-,25-,26?/m1/s1. The summed E-state index contributed by atoms with van der Waals surface area (Å²) in [7, 11) is 0. The van der Waals surface area contributed by atoms with Crippen LogP contribution in [0.4, 0.5) is 0 Å². The topological polar surface area (TPSA) is 146 Å². The minimum absolute atomic E-state index is 0.136. The first-order chi connectivity index (χ1) is 16.7. The molecule has 2 N–H and O–H groups in total. The quantitative estimate of drug-likeness (QED) is 0.327. The third-order valence-corrected chi connectivity index (χ3v) is 7.93. The first kappa shape index (κ1) is 27.9. The highest BCUT2D eigenvalue weighted by Crippen LogP contribution is 2.54. The van der Waals surface area contributed by atoms with Crippen molar-refractivity contribution < 1.29 is 48.3 Å². The molecule has 0 saturated carbocycles. The van der Waals surface area contributed by atoms with Gasteiger partial charge in [0.15, 0.2) is 6.10 Å². The van der Waals surface area contributed by atoms with Crippen molar-refractivity contribution in [1.82, 2.24) is 0 Å². The molecule has 0 aromatic carbocycles. The number of rotatable bonds is 4. The molecule has 10 nitrogen and oxygen atoms in total. The largest absolute Gasteiger partial charge is 0.462 e. The van der Waals surface area contributed by atoms with Crippen LogP contribution in [0.1, 0.15) is 60.8 Å². The van der Waals surface area contributed by atoms with E-state index in [-0.39, 0.29) is 19.4 Å². The average Bonchev–Trinajstić information content (AvgIpc) is 2.99. The first-order valence-electron chi connectivity index (χ1n) is 12.2. The van der Waals surface area contributed by atoms with E-state index in [0.29, 0.717) is 17.6 Å². The summed E-state index contributed by atoms with van der Waals surface area (Å²) in [6.45, 7) is 8.69. The smallest absolute Gasteiger partial charge is 0.312 e. The molecule has 36 heavy (non-hydrogen) atoms. The van der Waals surface area contributed by atoms with E-state index in [2.05, 4.69) is 0 Å². The minimum atomic E-state index is -2.06. The molecular formula is C26H36O10. The second-order valence-corrected chi connectivity index (χ2v) is 10.3. The number of esters is 4. The van der Waals surface area contributed by atoms with Crippen LogP contribution < -0.4 is 0 Å². The molecule has 5 unspecified atom stereocenters. The molecule has 1 aliphatic heterocycles. The van der Waals surface area contributed by atoms with Gasteiger partial charge in [0.25, 0.3) is 0 Å². The predicted molar refractivity (Wildman–Crippen MR) is 125 cm³/mol. The van der Waals surface area contributed by atoms with Gasteiger partial charge in [0.1, 0.15) is 24.4 Å². The van der Waals surface area contributed by atoms with Crippen molar-refractivity contribution in [3.63, 3.8) is 0 Å². The number of carbonyl (C=O) groups excluding carboxylic acids is 4. The zero-order chi connectivity index (χ0) is 27.0. The predicted octanol–water partition coefficient (Wildman–Crippen LogP) is 1.76. The molecule has 0 aromatic heterocycles. The Morgan fingerprint density at radius 3 is 2.31 bits per heavy atom. The van der Waals surface area contributed by atoms with Crippen molar-refractivity contribution in [3.8, 4) is 0 Å². The fraction of sp³-hybridized carbons (Fsp3) is 0.692. The van der Waals surface area contributed by atoms with E-state index in [1.165, 1.54) is 33.8 Å². The summed E-state index contributed by atoms with van der Waals surface area (Å²) in [5.74, 6) is -4.26. The molecule has 3 aliphatic rings. The van der Waals surface area contributed by atoms with Crippen molar-refractivity contribution in [2.24, 2.45) is 17.3 Å². The Morgan fingerprint density at radius 2 is 1.72 bits per heavy atom. The van der Waals surface area contributed by atoms with Gasteiger partial charge in [0, 0.05) is 33.1 Å². The van der Waals surface area contributed by atoms with Gasteiger partial charge in [-0.3, -0.25) is 19.2 Å². The van der Waals surface area contributed by atoms with Gasteiger partial charge in [-0.25, -0.2) is 0 Å². The van der Waals surface area contributed by atoms with Crippen LogP contribution in [0.2, 0.25) is 0 Å². The summed E-state index contributed by atoms with van der Waals surface area (Å²) in [5, 5.41) is 23.8. The monoisotopic (exact) mass is 508 g/mol. The van der Waals surface area contributed by atoms with Gasteiger partial charge in [0.05, 0.1) is 17.4 Å². The van der Waals surface area contributed by atoms with Gasteiger partial charge in [0.2, 0.25) is 0 Å². The summed E-state index contributed by atoms with van der Waals surface area (Å²) < 4.78 is 22.1. The van der Waals surface area contributed by atoms with Crippen LogP contribution in [0.5, 0.6) is 0 Å². The second-order valence-electron chi connectivity index (χ2n) is 10.3. The van der Waals surface area contributed by atoms with Gasteiger partial charge in [-0.2, -0.15) is 0 Å². The van der Waals surface area contributed by atoms with Gasteiger partial charge < -0.3 is 29.2 Å². The molecule has 0 spiro atoms. The first-order valence-corrected chi connectivity index (χ1v) is 12.2. The van der Waals surface area contributed by atoms with Crippen LogP contribution >= 0.6 is 0 Å². The number of carbonyl (C=O) groups is 4. The van der Waals surface area contributed by atoms with Crippen LogP contribution in [0.25, 0.3) is 0 Å². The van der Waals surface area contributed by atoms with Crippen LogP contribution in [-0.2, 0) is 38.1 Å². The third kappa shape index (κ3) is 4.93. The van der Waals surface area contributed by atoms with E-state index in [4.69, 9.17) is 18.9 Å². The van der Waals surface area contributed by atoms with Crippen LogP contribution in [0.3, 0.4) is 0 Å². The summed E-state index contributed by atoms with van der Waals surface area (Å²) in [6, 6.07) is 0. The van der Waals surface area contributed by atoms with Crippen molar-refractivity contribution in [2.75, 3.05) is 6.61 Å². The zero-order valence-electron chi connectivity index (χ0n) is 21.6. The fourth-order valence-corrected chi connectivity index (χ4v) is 5.98. The maximum atomic E-state index is 12.6. The fourth-order valence-electron chi connectivity index (χ4n) is 5.98. The molecular weight excluding hydrogens is 472 g/mol. The summed E-state index contributed by atoms with van der Waals surface area (Å²) in [6.07, 6.45) is -0.275. The normalized spacial score (nSPS) is 39.8. The van der Waals surface area contributed by atoms with Crippen molar-refractivity contribution >= 4 is 23.9 Å². The lowest BCUT2D eigenvalue weighted by molar-refractivity contribution is -0.205. The molecule has 1 fully saturated rings. The minimum Gasteiger partial charge on any atom is -0.462 e. The Labute approximate surface area is 210 Å². The third-order valence-electron chi connectivity index (χ3n) is 7.93. The van der Waals surface area contributed by atoms with Gasteiger partial charge in [-0.1, -0.05) is 18.6 Å². The Kier molecular flexibility index (Phi) is 8.00. The van der Waals surface area contributed by atoms with E-state index < -0.39 is 71.1 Å². The number of hydrogen-bond acceptors (Lipinski definition) is 10. The Balaban J connectivity index is 2.24. The maximum absolute atomic E-state index is 12.6. The molecule has 0 bridgehead atoms. The number of fused-ring (bicyclic) bond motifs is 2. The van der Waals surface area contributed by atoms with E-state index in [1.54, 1.807) is 13.8 Å². The molecule has 0 amide bonds. The van der Waals surface area contributed by atoms with E-state index in [9.17, 15) is 29.4 Å². The lowest BCUT2D eigenvalue weighted by atomic mass is 9.56. The van der Waals surface area contributed by atoms with Crippen LogP contribution in [-0.4, -0.2) is 70.7 Å². The molecule has 8 atom stereocenters. The second kappa shape index (κ2) is 10.3. The Bertz CT molecular complexity index is 983. The SMILES string of the molecule is CC(=O)OC/C1=C/C2OC(=O)C(C)C2(O)[C@H](O)C2C(C)=CCC(OC(C)=O)[C@]2(C)[C@H](OC(C)=O)CC1. The van der Waals surface area contributed by atoms with Crippen LogP contribution in [0, 0.1) is 17.3 Å². The van der Waals surface area contributed by atoms with E-state index in [1.807, 2.05) is 6.08 Å². The van der Waals surface area contributed by atoms with Gasteiger partial charge in [-0.05, 0) is 38.3 Å². The highest BCUT2D eigenvalue weighted by Gasteiger charge is 2.65. The number of ether oxygens (including phenoxy) is 4. The van der Waals surface area contributed by atoms with E-state index in [0.717, 1.165) is 0 Å². The Hall–Kier alpha value is -2.72. The van der Waals surface area contributed by atoms with Crippen molar-refractivity contribution in [3.05, 3.63) is 23.3 Å². The van der Waals surface area contributed by atoms with Gasteiger partial charge >= 0.3 is 23.9 Å². The molecule has 0 radical (unpaired) electrons. The number of aliphatic hydroxyl groups excluding tert-OH is 1. The molecule has 200 valence electrons. The molecule has 1 saturated heterocycles. The van der Waals surface area contributed by atoms with Crippen LogP contribution in [0.15, 0.2) is 23.3 Å². The van der Waals surface area contributed by atoms with Gasteiger partial charge in [-0.15, -0.1) is 0 Å².